The highest BCUT2D eigenvalue weighted by atomic mass is 32.2. The van der Waals surface area contributed by atoms with Crippen molar-refractivity contribution in [2.45, 2.75) is 13.0 Å². The van der Waals surface area contributed by atoms with Gasteiger partial charge in [0.1, 0.15) is 6.54 Å². The lowest BCUT2D eigenvalue weighted by Gasteiger charge is -2.17. The molecule has 0 bridgehead atoms. The van der Waals surface area contributed by atoms with Crippen molar-refractivity contribution < 1.29 is 19.1 Å². The monoisotopic (exact) mass is 333 g/mol. The number of amides is 2. The van der Waals surface area contributed by atoms with Crippen LogP contribution in [0.4, 0.5) is 10.5 Å². The maximum absolute atomic E-state index is 12.0. The highest BCUT2D eigenvalue weighted by molar-refractivity contribution is 8.13. The Hall–Kier alpha value is -2.53. The topological polar surface area (TPSA) is 99.5 Å². The van der Waals surface area contributed by atoms with Crippen LogP contribution >= 0.6 is 11.8 Å². The number of nitriles is 1. The smallest absolute Gasteiger partial charge is 0.326 e. The number of thioether (sulfide) groups is 1. The van der Waals surface area contributed by atoms with Crippen LogP contribution in [0.1, 0.15) is 12.5 Å². The fraction of sp³-hybridized carbons (Fsp3) is 0.333. The van der Waals surface area contributed by atoms with Gasteiger partial charge in [-0.2, -0.15) is 5.26 Å². The molecule has 1 aliphatic rings. The zero-order chi connectivity index (χ0) is 16.8. The highest BCUT2D eigenvalue weighted by Gasteiger charge is 2.26. The first-order valence-corrected chi connectivity index (χ1v) is 7.90. The first-order chi connectivity index (χ1) is 11.0. The van der Waals surface area contributed by atoms with Crippen LogP contribution in [0.3, 0.4) is 0 Å². The molecular formula is C15H15N3O4S. The van der Waals surface area contributed by atoms with E-state index in [-0.39, 0.29) is 11.8 Å². The molecule has 0 aliphatic carbocycles. The zero-order valence-electron chi connectivity index (χ0n) is 12.4. The summed E-state index contributed by atoms with van der Waals surface area (Å²) in [4.78, 5) is 36.5. The molecule has 1 aliphatic heterocycles. The Labute approximate surface area is 137 Å². The van der Waals surface area contributed by atoms with Crippen molar-refractivity contribution in [3.63, 3.8) is 0 Å². The lowest BCUT2D eigenvalue weighted by atomic mass is 10.2. The standard InChI is InChI=1S/C15H15N3O4S/c1-10(22-13(19)9-18-6-7-23-15(18)21)14(20)17-12-4-2-11(8-16)3-5-12/h2-5,10H,6-7,9H2,1H3,(H,17,20)/t10-/m0/s1. The number of benzene rings is 1. The molecule has 0 aromatic heterocycles. The van der Waals surface area contributed by atoms with Gasteiger partial charge >= 0.3 is 5.97 Å². The van der Waals surface area contributed by atoms with Gasteiger partial charge in [-0.15, -0.1) is 0 Å². The molecule has 1 atom stereocenters. The molecule has 1 heterocycles. The summed E-state index contributed by atoms with van der Waals surface area (Å²) in [7, 11) is 0. The molecule has 0 radical (unpaired) electrons. The number of hydrogen-bond donors (Lipinski definition) is 1. The maximum Gasteiger partial charge on any atom is 0.326 e. The summed E-state index contributed by atoms with van der Waals surface area (Å²) in [5.74, 6) is -0.450. The van der Waals surface area contributed by atoms with Crippen molar-refractivity contribution in [3.8, 4) is 6.07 Å². The molecule has 23 heavy (non-hydrogen) atoms. The molecule has 1 aromatic rings. The first kappa shape index (κ1) is 16.8. The zero-order valence-corrected chi connectivity index (χ0v) is 13.3. The molecule has 1 saturated heterocycles. The predicted octanol–water partition coefficient (Wildman–Crippen LogP) is 1.60. The van der Waals surface area contributed by atoms with E-state index in [2.05, 4.69) is 5.32 Å². The number of carbonyl (C=O) groups is 3. The van der Waals surface area contributed by atoms with E-state index in [1.165, 1.54) is 11.8 Å². The maximum atomic E-state index is 12.0. The fourth-order valence-electron chi connectivity index (χ4n) is 1.89. The predicted molar refractivity (Wildman–Crippen MR) is 84.8 cm³/mol. The van der Waals surface area contributed by atoms with E-state index >= 15 is 0 Å². The summed E-state index contributed by atoms with van der Waals surface area (Å²) in [5, 5.41) is 11.1. The van der Waals surface area contributed by atoms with E-state index in [0.29, 0.717) is 23.5 Å². The van der Waals surface area contributed by atoms with Gasteiger partial charge in [0.15, 0.2) is 6.10 Å². The second-order valence-corrected chi connectivity index (χ2v) is 5.89. The van der Waals surface area contributed by atoms with Crippen LogP contribution in [0.15, 0.2) is 24.3 Å². The fourth-order valence-corrected chi connectivity index (χ4v) is 2.71. The average molecular weight is 333 g/mol. The van der Waals surface area contributed by atoms with Gasteiger partial charge in [0.2, 0.25) is 0 Å². The molecule has 2 amide bonds. The third-order valence-electron chi connectivity index (χ3n) is 3.12. The number of carbonyl (C=O) groups excluding carboxylic acids is 3. The molecule has 120 valence electrons. The summed E-state index contributed by atoms with van der Waals surface area (Å²) in [6.45, 7) is 1.81. The quantitative estimate of drug-likeness (QED) is 0.822. The minimum absolute atomic E-state index is 0.152. The van der Waals surface area contributed by atoms with Crippen LogP contribution in [0.2, 0.25) is 0 Å². The van der Waals surface area contributed by atoms with E-state index in [4.69, 9.17) is 10.00 Å². The second kappa shape index (κ2) is 7.65. The summed E-state index contributed by atoms with van der Waals surface area (Å²) in [6, 6.07) is 8.30. The number of rotatable bonds is 5. The first-order valence-electron chi connectivity index (χ1n) is 6.92. The Morgan fingerprint density at radius 3 is 2.70 bits per heavy atom. The van der Waals surface area contributed by atoms with Crippen molar-refractivity contribution in [1.29, 1.82) is 5.26 Å². The molecule has 2 rings (SSSR count). The van der Waals surface area contributed by atoms with Gasteiger partial charge in [-0.1, -0.05) is 11.8 Å². The van der Waals surface area contributed by atoms with Crippen molar-refractivity contribution in [2.24, 2.45) is 0 Å². The van der Waals surface area contributed by atoms with Crippen molar-refractivity contribution in [2.75, 3.05) is 24.2 Å². The highest BCUT2D eigenvalue weighted by Crippen LogP contribution is 2.17. The number of nitrogens with one attached hydrogen (secondary N) is 1. The summed E-state index contributed by atoms with van der Waals surface area (Å²) < 4.78 is 5.03. The Balaban J connectivity index is 1.83. The molecule has 1 N–H and O–H groups in total. The average Bonchev–Trinajstić information content (AvgIpc) is 2.93. The minimum atomic E-state index is -0.983. The third-order valence-corrected chi connectivity index (χ3v) is 4.02. The number of ether oxygens (including phenoxy) is 1. The van der Waals surface area contributed by atoms with Crippen LogP contribution in [0, 0.1) is 11.3 Å². The van der Waals surface area contributed by atoms with Crippen LogP contribution in [0.25, 0.3) is 0 Å². The van der Waals surface area contributed by atoms with Gasteiger partial charge in [0.05, 0.1) is 11.6 Å². The van der Waals surface area contributed by atoms with Gasteiger partial charge in [0.25, 0.3) is 11.1 Å². The lowest BCUT2D eigenvalue weighted by Crippen LogP contribution is -2.36. The molecule has 0 unspecified atom stereocenters. The Morgan fingerprint density at radius 1 is 1.43 bits per heavy atom. The van der Waals surface area contributed by atoms with Crippen LogP contribution in [-0.2, 0) is 14.3 Å². The second-order valence-electron chi connectivity index (χ2n) is 4.85. The summed E-state index contributed by atoms with van der Waals surface area (Å²) >= 11 is 1.15. The number of nitrogens with zero attached hydrogens (tertiary/aromatic N) is 2. The van der Waals surface area contributed by atoms with Gasteiger partial charge < -0.3 is 15.0 Å². The summed E-state index contributed by atoms with van der Waals surface area (Å²) in [5.41, 5.74) is 0.985. The van der Waals surface area contributed by atoms with E-state index in [9.17, 15) is 14.4 Å². The molecule has 8 heteroatoms. The van der Waals surface area contributed by atoms with E-state index in [1.54, 1.807) is 24.3 Å². The molecule has 7 nitrogen and oxygen atoms in total. The molecule has 0 saturated carbocycles. The van der Waals surface area contributed by atoms with Crippen LogP contribution in [0.5, 0.6) is 0 Å². The Kier molecular flexibility index (Phi) is 5.60. The van der Waals surface area contributed by atoms with Gasteiger partial charge in [0, 0.05) is 18.0 Å². The molecular weight excluding hydrogens is 318 g/mol. The van der Waals surface area contributed by atoms with Gasteiger partial charge in [-0.3, -0.25) is 14.4 Å². The molecule has 0 spiro atoms. The number of esters is 1. The minimum Gasteiger partial charge on any atom is -0.451 e. The van der Waals surface area contributed by atoms with E-state index in [0.717, 1.165) is 11.8 Å². The molecule has 1 aromatic carbocycles. The van der Waals surface area contributed by atoms with Crippen LogP contribution < -0.4 is 5.32 Å². The Morgan fingerprint density at radius 2 is 2.13 bits per heavy atom. The van der Waals surface area contributed by atoms with Gasteiger partial charge in [-0.05, 0) is 31.2 Å². The van der Waals surface area contributed by atoms with Crippen molar-refractivity contribution in [3.05, 3.63) is 29.8 Å². The van der Waals surface area contributed by atoms with Crippen molar-refractivity contribution >= 4 is 34.6 Å². The van der Waals surface area contributed by atoms with Crippen molar-refractivity contribution in [1.82, 2.24) is 4.90 Å². The Bertz CT molecular complexity index is 654. The summed E-state index contributed by atoms with van der Waals surface area (Å²) in [6.07, 6.45) is -0.983. The SMILES string of the molecule is C[C@H](OC(=O)CN1CCSC1=O)C(=O)Nc1ccc(C#N)cc1. The van der Waals surface area contributed by atoms with Gasteiger partial charge in [-0.25, -0.2) is 0 Å². The lowest BCUT2D eigenvalue weighted by molar-refractivity contribution is -0.153. The number of anilines is 1. The third kappa shape index (κ3) is 4.72. The largest absolute Gasteiger partial charge is 0.451 e. The van der Waals surface area contributed by atoms with E-state index < -0.39 is 18.0 Å². The normalized spacial score (nSPS) is 15.0. The molecule has 1 fully saturated rings. The van der Waals surface area contributed by atoms with E-state index in [1.807, 2.05) is 6.07 Å². The number of hydrogen-bond acceptors (Lipinski definition) is 6. The van der Waals surface area contributed by atoms with Crippen LogP contribution in [-0.4, -0.2) is 47.0 Å².